The molecular weight excluding hydrogens is 486 g/mol. The van der Waals surface area contributed by atoms with Gasteiger partial charge in [-0.15, -0.1) is 0 Å². The number of rotatable bonds is 6. The van der Waals surface area contributed by atoms with E-state index in [9.17, 15) is 27.6 Å². The zero-order valence-corrected chi connectivity index (χ0v) is 18.9. The van der Waals surface area contributed by atoms with Crippen LogP contribution in [0.3, 0.4) is 0 Å². The Morgan fingerprint density at radius 3 is 2.15 bits per heavy atom. The Labute approximate surface area is 198 Å². The molecule has 2 N–H and O–H groups in total. The van der Waals surface area contributed by atoms with Crippen LogP contribution in [0, 0.1) is 0 Å². The van der Waals surface area contributed by atoms with E-state index in [4.69, 9.17) is 23.2 Å². The molecule has 13 heteroatoms. The van der Waals surface area contributed by atoms with Gasteiger partial charge in [-0.2, -0.15) is 13.2 Å². The molecule has 0 bridgehead atoms. The van der Waals surface area contributed by atoms with Crippen LogP contribution in [-0.2, 0) is 14.4 Å². The number of piperazine rings is 1. The first kappa shape index (κ1) is 25.1. The molecule has 0 aromatic heterocycles. The minimum Gasteiger partial charge on any atom is -0.374 e. The van der Waals surface area contributed by atoms with Gasteiger partial charge in [-0.1, -0.05) is 29.8 Å². The number of benzene rings is 1. The number of alkyl halides is 3. The lowest BCUT2D eigenvalue weighted by Crippen LogP contribution is -2.64. The van der Waals surface area contributed by atoms with Crippen LogP contribution in [0.1, 0.15) is 0 Å². The first-order valence-corrected chi connectivity index (χ1v) is 10.8. The Morgan fingerprint density at radius 2 is 1.61 bits per heavy atom. The number of halogens is 5. The average molecular weight is 508 g/mol. The van der Waals surface area contributed by atoms with E-state index < -0.39 is 12.1 Å². The largest absolute Gasteiger partial charge is 0.471 e. The van der Waals surface area contributed by atoms with Crippen LogP contribution < -0.4 is 10.6 Å². The third-order valence-corrected chi connectivity index (χ3v) is 6.25. The molecular formula is C20H22Cl2F3N5O3. The van der Waals surface area contributed by atoms with E-state index in [0.717, 1.165) is 6.07 Å². The highest BCUT2D eigenvalue weighted by Crippen LogP contribution is 2.33. The van der Waals surface area contributed by atoms with Crippen molar-refractivity contribution in [3.05, 3.63) is 34.8 Å². The van der Waals surface area contributed by atoms with Crippen molar-refractivity contribution in [2.45, 2.75) is 12.2 Å². The van der Waals surface area contributed by atoms with Crippen molar-refractivity contribution in [2.75, 3.05) is 56.4 Å². The number of nitrogens with one attached hydrogen (secondary N) is 2. The van der Waals surface area contributed by atoms with E-state index in [1.165, 1.54) is 12.1 Å². The second kappa shape index (κ2) is 10.2. The normalized spacial score (nSPS) is 17.4. The molecule has 1 aromatic rings. The van der Waals surface area contributed by atoms with Gasteiger partial charge in [-0.3, -0.25) is 19.3 Å². The number of amides is 3. The van der Waals surface area contributed by atoms with Gasteiger partial charge in [0.25, 0.3) is 0 Å². The molecule has 0 spiro atoms. The van der Waals surface area contributed by atoms with E-state index in [2.05, 4.69) is 16.8 Å². The molecule has 2 aliphatic rings. The van der Waals surface area contributed by atoms with E-state index in [-0.39, 0.29) is 45.8 Å². The van der Waals surface area contributed by atoms with Gasteiger partial charge < -0.3 is 20.4 Å². The van der Waals surface area contributed by atoms with Crippen LogP contribution in [0.5, 0.6) is 0 Å². The van der Waals surface area contributed by atoms with Crippen molar-refractivity contribution < 1.29 is 27.6 Å². The molecule has 0 unspecified atom stereocenters. The molecule has 33 heavy (non-hydrogen) atoms. The fraction of sp³-hybridized carbons (Fsp3) is 0.450. The number of likely N-dealkylation sites (tertiary alicyclic amines) is 1. The van der Waals surface area contributed by atoms with Crippen LogP contribution >= 0.6 is 23.2 Å². The summed E-state index contributed by atoms with van der Waals surface area (Å²) in [6.07, 6.45) is -3.80. The Balaban J connectivity index is 1.53. The predicted octanol–water partition coefficient (Wildman–Crippen LogP) is 2.45. The van der Waals surface area contributed by atoms with Crippen molar-refractivity contribution in [3.8, 4) is 0 Å². The van der Waals surface area contributed by atoms with Gasteiger partial charge >= 0.3 is 12.1 Å². The molecule has 8 nitrogen and oxygen atoms in total. The molecule has 1 aromatic carbocycles. The number of carbonyl (C=O) groups excluding carboxylic acids is 3. The van der Waals surface area contributed by atoms with E-state index >= 15 is 0 Å². The highest BCUT2D eigenvalue weighted by molar-refractivity contribution is 6.42. The second-order valence-corrected chi connectivity index (χ2v) is 8.45. The van der Waals surface area contributed by atoms with E-state index in [0.29, 0.717) is 39.3 Å². The summed E-state index contributed by atoms with van der Waals surface area (Å²) in [6.45, 7) is 6.76. The Bertz CT molecular complexity index is 946. The third kappa shape index (κ3) is 6.10. The lowest BCUT2D eigenvalue weighted by atomic mass is 10.1. The van der Waals surface area contributed by atoms with Crippen LogP contribution in [0.25, 0.3) is 0 Å². The van der Waals surface area contributed by atoms with Gasteiger partial charge in [-0.05, 0) is 18.2 Å². The van der Waals surface area contributed by atoms with Gasteiger partial charge in [0.05, 0.1) is 28.0 Å². The summed E-state index contributed by atoms with van der Waals surface area (Å²) >= 11 is 11.8. The number of nitrogens with zero attached hydrogens (tertiary/aromatic N) is 3. The zero-order valence-electron chi connectivity index (χ0n) is 17.4. The Hall–Kier alpha value is -2.50. The van der Waals surface area contributed by atoms with Crippen molar-refractivity contribution in [2.24, 2.45) is 0 Å². The van der Waals surface area contributed by atoms with E-state index in [1.54, 1.807) is 15.1 Å². The number of hydrogen-bond acceptors (Lipinski definition) is 5. The third-order valence-electron chi connectivity index (χ3n) is 5.53. The average Bonchev–Trinajstić information content (AvgIpc) is 2.73. The number of anilines is 2. The molecule has 0 aliphatic carbocycles. The summed E-state index contributed by atoms with van der Waals surface area (Å²) in [7, 11) is 0. The SMILES string of the molecule is C=CC(=O)N1CC(N2CCN(C(=O)CNc3cc(Cl)c(Cl)cc3NC(=O)C(F)(F)F)CC2)C1. The first-order chi connectivity index (χ1) is 15.5. The lowest BCUT2D eigenvalue weighted by Gasteiger charge is -2.47. The maximum atomic E-state index is 12.6. The summed E-state index contributed by atoms with van der Waals surface area (Å²) < 4.78 is 37.9. The van der Waals surface area contributed by atoms with Gasteiger partial charge in [0.1, 0.15) is 0 Å². The van der Waals surface area contributed by atoms with Crippen molar-refractivity contribution in [1.29, 1.82) is 0 Å². The summed E-state index contributed by atoms with van der Waals surface area (Å²) in [5, 5.41) is 4.47. The standard InChI is InChI=1S/C20H22Cl2F3N5O3/c1-2-17(31)30-10-12(11-30)28-3-5-29(6-4-28)18(32)9-26-15-7-13(21)14(22)8-16(15)27-19(33)20(23,24)25/h2,7-8,12,26H,1,3-6,9-11H2,(H,27,33). The minimum atomic E-state index is -5.09. The zero-order chi connectivity index (χ0) is 24.3. The highest BCUT2D eigenvalue weighted by Gasteiger charge is 2.39. The fourth-order valence-corrected chi connectivity index (χ4v) is 3.93. The van der Waals surface area contributed by atoms with Gasteiger partial charge in [0, 0.05) is 45.3 Å². The summed E-state index contributed by atoms with van der Waals surface area (Å²) in [5.74, 6) is -2.53. The first-order valence-electron chi connectivity index (χ1n) is 10.0. The van der Waals surface area contributed by atoms with E-state index in [1.807, 2.05) is 0 Å². The van der Waals surface area contributed by atoms with Crippen molar-refractivity contribution in [3.63, 3.8) is 0 Å². The molecule has 180 valence electrons. The lowest BCUT2D eigenvalue weighted by molar-refractivity contribution is -0.167. The van der Waals surface area contributed by atoms with Crippen molar-refractivity contribution >= 4 is 52.3 Å². The van der Waals surface area contributed by atoms with Crippen molar-refractivity contribution in [1.82, 2.24) is 14.7 Å². The summed E-state index contributed by atoms with van der Waals surface area (Å²) in [5.41, 5.74) is -0.205. The molecule has 2 heterocycles. The molecule has 2 fully saturated rings. The topological polar surface area (TPSA) is 85.0 Å². The van der Waals surface area contributed by atoms with Gasteiger partial charge in [-0.25, -0.2) is 0 Å². The van der Waals surface area contributed by atoms with Gasteiger partial charge in [0.2, 0.25) is 11.8 Å². The maximum Gasteiger partial charge on any atom is 0.471 e. The summed E-state index contributed by atoms with van der Waals surface area (Å²) in [4.78, 5) is 41.0. The quantitative estimate of drug-likeness (QED) is 0.577. The smallest absolute Gasteiger partial charge is 0.374 e. The molecule has 0 radical (unpaired) electrons. The molecule has 2 saturated heterocycles. The Morgan fingerprint density at radius 1 is 1.03 bits per heavy atom. The number of hydrogen-bond donors (Lipinski definition) is 2. The van der Waals surface area contributed by atoms with Crippen LogP contribution in [0.4, 0.5) is 24.5 Å². The van der Waals surface area contributed by atoms with Gasteiger partial charge in [0.15, 0.2) is 0 Å². The molecule has 0 atom stereocenters. The second-order valence-electron chi connectivity index (χ2n) is 7.64. The van der Waals surface area contributed by atoms with Crippen LogP contribution in [0.2, 0.25) is 10.0 Å². The monoisotopic (exact) mass is 507 g/mol. The number of carbonyl (C=O) groups is 3. The summed E-state index contributed by atoms with van der Waals surface area (Å²) in [6, 6.07) is 2.58. The molecule has 0 saturated carbocycles. The predicted molar refractivity (Wildman–Crippen MR) is 118 cm³/mol. The molecule has 2 aliphatic heterocycles. The van der Waals surface area contributed by atoms with Crippen LogP contribution in [0.15, 0.2) is 24.8 Å². The fourth-order valence-electron chi connectivity index (χ4n) is 3.60. The molecule has 3 rings (SSSR count). The highest BCUT2D eigenvalue weighted by atomic mass is 35.5. The van der Waals surface area contributed by atoms with Crippen LogP contribution in [-0.4, -0.2) is 90.5 Å². The maximum absolute atomic E-state index is 12.6. The molecule has 3 amide bonds. The Kier molecular flexibility index (Phi) is 7.76. The minimum absolute atomic E-state index is 0.0374.